The highest BCUT2D eigenvalue weighted by Gasteiger charge is 2.15. The normalized spacial score (nSPS) is 12.2. The predicted octanol–water partition coefficient (Wildman–Crippen LogP) is 3.51. The molecule has 0 aliphatic rings. The van der Waals surface area contributed by atoms with E-state index in [0.29, 0.717) is 11.4 Å². The van der Waals surface area contributed by atoms with Crippen LogP contribution in [-0.2, 0) is 9.53 Å². The summed E-state index contributed by atoms with van der Waals surface area (Å²) in [5.41, 5.74) is 0.300. The summed E-state index contributed by atoms with van der Waals surface area (Å²) >= 11 is 3.05. The Hall–Kier alpha value is -1.89. The van der Waals surface area contributed by atoms with E-state index in [0.717, 1.165) is 0 Å². The second-order valence-corrected chi connectivity index (χ2v) is 4.11. The lowest BCUT2D eigenvalue weighted by molar-refractivity contribution is -0.138. The van der Waals surface area contributed by atoms with Crippen LogP contribution in [0.15, 0.2) is 46.0 Å². The van der Waals surface area contributed by atoms with E-state index < -0.39 is 5.97 Å². The van der Waals surface area contributed by atoms with Crippen LogP contribution >= 0.6 is 15.9 Å². The van der Waals surface area contributed by atoms with Gasteiger partial charge in [-0.15, -0.1) is 5.11 Å². The number of nitrogens with zero attached hydrogens (tertiary/aromatic N) is 2. The van der Waals surface area contributed by atoms with Crippen LogP contribution < -0.4 is 4.74 Å². The van der Waals surface area contributed by atoms with E-state index >= 15 is 0 Å². The minimum atomic E-state index is -0.721. The SMILES string of the molecule is CCOC(=O)/C(N=Nc1ccc(OC)cc1)=C(\O)CBr. The molecule has 0 bridgehead atoms. The molecule has 1 aromatic carbocycles. The smallest absolute Gasteiger partial charge is 0.362 e. The number of methoxy groups -OCH3 is 1. The third-order valence-corrected chi connectivity index (χ3v) is 2.74. The second kappa shape index (κ2) is 8.31. The average molecular weight is 343 g/mol. The number of allylic oxidation sites excluding steroid dienone is 1. The fraction of sp³-hybridized carbons (Fsp3) is 0.308. The Bertz CT molecular complexity index is 512. The topological polar surface area (TPSA) is 80.5 Å². The molecule has 0 amide bonds. The number of hydrogen-bond acceptors (Lipinski definition) is 6. The Kier molecular flexibility index (Phi) is 6.72. The van der Waals surface area contributed by atoms with E-state index in [1.807, 2.05) is 0 Å². The van der Waals surface area contributed by atoms with Crippen molar-refractivity contribution in [2.45, 2.75) is 6.92 Å². The summed E-state index contributed by atoms with van der Waals surface area (Å²) < 4.78 is 9.82. The van der Waals surface area contributed by atoms with Gasteiger partial charge in [0, 0.05) is 0 Å². The monoisotopic (exact) mass is 342 g/mol. The van der Waals surface area contributed by atoms with Gasteiger partial charge in [0.2, 0.25) is 5.70 Å². The zero-order valence-corrected chi connectivity index (χ0v) is 12.8. The summed E-state index contributed by atoms with van der Waals surface area (Å²) in [6.07, 6.45) is 0. The Labute approximate surface area is 125 Å². The van der Waals surface area contributed by atoms with Gasteiger partial charge in [0.15, 0.2) is 0 Å². The summed E-state index contributed by atoms with van der Waals surface area (Å²) in [6.45, 7) is 1.86. The lowest BCUT2D eigenvalue weighted by Gasteiger charge is -2.03. The first-order valence-electron chi connectivity index (χ1n) is 5.83. The van der Waals surface area contributed by atoms with E-state index in [9.17, 15) is 9.90 Å². The van der Waals surface area contributed by atoms with E-state index in [-0.39, 0.29) is 23.4 Å². The van der Waals surface area contributed by atoms with Crippen LogP contribution in [0.2, 0.25) is 0 Å². The molecule has 7 heteroatoms. The Balaban J connectivity index is 2.94. The van der Waals surface area contributed by atoms with Crippen LogP contribution in [0.5, 0.6) is 5.75 Å². The molecule has 0 saturated carbocycles. The van der Waals surface area contributed by atoms with Gasteiger partial charge in [0.25, 0.3) is 0 Å². The third kappa shape index (κ3) is 4.65. The van der Waals surface area contributed by atoms with Crippen molar-refractivity contribution < 1.29 is 19.4 Å². The maximum Gasteiger partial charge on any atom is 0.362 e. The third-order valence-electron chi connectivity index (χ3n) is 2.21. The molecule has 0 spiro atoms. The maximum atomic E-state index is 11.6. The molecule has 0 radical (unpaired) electrons. The number of aliphatic hydroxyl groups is 1. The van der Waals surface area contributed by atoms with Gasteiger partial charge in [-0.2, -0.15) is 5.11 Å². The van der Waals surface area contributed by atoms with Crippen molar-refractivity contribution >= 4 is 27.6 Å². The molecule has 1 N–H and O–H groups in total. The first kappa shape index (κ1) is 16.2. The molecule has 0 atom stereocenters. The molecule has 108 valence electrons. The number of esters is 1. The van der Waals surface area contributed by atoms with E-state index in [4.69, 9.17) is 9.47 Å². The highest BCUT2D eigenvalue weighted by molar-refractivity contribution is 9.09. The predicted molar refractivity (Wildman–Crippen MR) is 77.6 cm³/mol. The number of benzene rings is 1. The molecule has 6 nitrogen and oxygen atoms in total. The molecule has 0 saturated heterocycles. The van der Waals surface area contributed by atoms with Crippen LogP contribution in [0, 0.1) is 0 Å². The molecule has 1 rings (SSSR count). The van der Waals surface area contributed by atoms with E-state index in [2.05, 4.69) is 26.2 Å². The lowest BCUT2D eigenvalue weighted by atomic mass is 10.3. The molecular formula is C13H15BrN2O4. The van der Waals surface area contributed by atoms with Gasteiger partial charge in [-0.25, -0.2) is 4.79 Å². The maximum absolute atomic E-state index is 11.6. The molecule has 0 aliphatic carbocycles. The Morgan fingerprint density at radius 3 is 2.50 bits per heavy atom. The van der Waals surface area contributed by atoms with E-state index in [1.54, 1.807) is 38.3 Å². The number of aliphatic hydroxyl groups excluding tert-OH is 1. The summed E-state index contributed by atoms with van der Waals surface area (Å²) in [5, 5.41) is 17.4. The number of carbonyl (C=O) groups excluding carboxylic acids is 1. The summed E-state index contributed by atoms with van der Waals surface area (Å²) in [4.78, 5) is 11.6. The molecule has 0 aromatic heterocycles. The van der Waals surface area contributed by atoms with Gasteiger partial charge < -0.3 is 14.6 Å². The molecular weight excluding hydrogens is 328 g/mol. The van der Waals surface area contributed by atoms with Crippen molar-refractivity contribution in [3.63, 3.8) is 0 Å². The van der Waals surface area contributed by atoms with Crippen molar-refractivity contribution in [3.05, 3.63) is 35.7 Å². The number of azo groups is 1. The van der Waals surface area contributed by atoms with Crippen LogP contribution in [0.1, 0.15) is 6.92 Å². The lowest BCUT2D eigenvalue weighted by Crippen LogP contribution is -2.09. The van der Waals surface area contributed by atoms with Crippen molar-refractivity contribution in [1.29, 1.82) is 0 Å². The molecule has 0 unspecified atom stereocenters. The molecule has 0 heterocycles. The van der Waals surface area contributed by atoms with Gasteiger partial charge in [-0.1, -0.05) is 15.9 Å². The highest BCUT2D eigenvalue weighted by atomic mass is 79.9. The number of ether oxygens (including phenoxy) is 2. The molecule has 20 heavy (non-hydrogen) atoms. The molecule has 1 aromatic rings. The van der Waals surface area contributed by atoms with Gasteiger partial charge in [0.05, 0.1) is 24.7 Å². The number of hydrogen-bond donors (Lipinski definition) is 1. The van der Waals surface area contributed by atoms with Gasteiger partial charge >= 0.3 is 5.97 Å². The van der Waals surface area contributed by atoms with Crippen LogP contribution in [0.4, 0.5) is 5.69 Å². The number of carbonyl (C=O) groups is 1. The standard InChI is InChI=1S/C13H15BrN2O4/c1-3-20-13(18)12(11(17)8-14)16-15-9-4-6-10(19-2)7-5-9/h4-7,17H,3,8H2,1-2H3/b12-11+,16-15?. The van der Waals surface area contributed by atoms with Crippen LogP contribution in [0.3, 0.4) is 0 Å². The number of rotatable bonds is 6. The number of alkyl halides is 1. The first-order valence-corrected chi connectivity index (χ1v) is 6.95. The highest BCUT2D eigenvalue weighted by Crippen LogP contribution is 2.20. The minimum absolute atomic E-state index is 0.0861. The van der Waals surface area contributed by atoms with Gasteiger partial charge in [-0.3, -0.25) is 0 Å². The second-order valence-electron chi connectivity index (χ2n) is 3.55. The van der Waals surface area contributed by atoms with Gasteiger partial charge in [0.1, 0.15) is 11.5 Å². The molecule has 0 fully saturated rings. The van der Waals surface area contributed by atoms with Crippen molar-refractivity contribution in [2.75, 3.05) is 19.0 Å². The largest absolute Gasteiger partial charge is 0.509 e. The quantitative estimate of drug-likeness (QED) is 0.282. The van der Waals surface area contributed by atoms with Crippen molar-refractivity contribution in [1.82, 2.24) is 0 Å². The average Bonchev–Trinajstić information content (AvgIpc) is 2.48. The van der Waals surface area contributed by atoms with E-state index in [1.165, 1.54) is 0 Å². The molecule has 0 aliphatic heterocycles. The fourth-order valence-corrected chi connectivity index (χ4v) is 1.50. The van der Waals surface area contributed by atoms with Crippen molar-refractivity contribution in [2.24, 2.45) is 10.2 Å². The zero-order chi connectivity index (χ0) is 15.0. The minimum Gasteiger partial charge on any atom is -0.509 e. The Morgan fingerprint density at radius 1 is 1.35 bits per heavy atom. The summed E-state index contributed by atoms with van der Waals surface area (Å²) in [7, 11) is 1.56. The van der Waals surface area contributed by atoms with Crippen molar-refractivity contribution in [3.8, 4) is 5.75 Å². The van der Waals surface area contributed by atoms with Gasteiger partial charge in [-0.05, 0) is 31.2 Å². The van der Waals surface area contributed by atoms with Crippen LogP contribution in [0.25, 0.3) is 0 Å². The fourth-order valence-electron chi connectivity index (χ4n) is 1.24. The number of halogens is 1. The Morgan fingerprint density at radius 2 is 2.00 bits per heavy atom. The zero-order valence-electron chi connectivity index (χ0n) is 11.2. The summed E-state index contributed by atoms with van der Waals surface area (Å²) in [5.74, 6) is -0.268. The summed E-state index contributed by atoms with van der Waals surface area (Å²) in [6, 6.07) is 6.78. The first-order chi connectivity index (χ1) is 9.62. The van der Waals surface area contributed by atoms with Crippen LogP contribution in [-0.4, -0.2) is 30.1 Å².